The fourth-order valence-electron chi connectivity index (χ4n) is 9.51. The minimum atomic E-state index is 0.359. The SMILES string of the molecule is c1ccc(C2Cc3ccc(-c4cccc(-n5c6ccccc6c6cc(CC7c8ccccc8-c8ccccc87)ccc65)c4)cc3-c3ccccc32)cc1. The molecule has 0 aliphatic heterocycles. The van der Waals surface area contributed by atoms with Gasteiger partial charge in [-0.1, -0.05) is 152 Å². The van der Waals surface area contributed by atoms with Crippen LogP contribution in [0.2, 0.25) is 0 Å². The van der Waals surface area contributed by atoms with E-state index in [0.717, 1.165) is 12.8 Å². The van der Waals surface area contributed by atoms with Crippen LogP contribution in [-0.4, -0.2) is 4.57 Å². The van der Waals surface area contributed by atoms with Gasteiger partial charge in [-0.2, -0.15) is 0 Å². The first kappa shape index (κ1) is 30.2. The molecule has 9 aromatic rings. The van der Waals surface area contributed by atoms with Crippen molar-refractivity contribution in [3.8, 4) is 39.1 Å². The Morgan fingerprint density at radius 2 is 1.08 bits per heavy atom. The molecule has 1 nitrogen and oxygen atoms in total. The lowest BCUT2D eigenvalue weighted by atomic mass is 9.75. The van der Waals surface area contributed by atoms with Crippen LogP contribution in [0, 0.1) is 0 Å². The Morgan fingerprint density at radius 1 is 0.434 bits per heavy atom. The van der Waals surface area contributed by atoms with Crippen molar-refractivity contribution in [3.63, 3.8) is 0 Å². The van der Waals surface area contributed by atoms with Crippen LogP contribution in [0.1, 0.15) is 45.2 Å². The van der Waals surface area contributed by atoms with E-state index in [-0.39, 0.29) is 0 Å². The third-order valence-corrected chi connectivity index (χ3v) is 11.9. The second kappa shape index (κ2) is 12.1. The molecule has 0 bridgehead atoms. The lowest BCUT2D eigenvalue weighted by Crippen LogP contribution is -2.12. The van der Waals surface area contributed by atoms with E-state index in [1.54, 1.807) is 0 Å². The van der Waals surface area contributed by atoms with Crippen LogP contribution in [0.3, 0.4) is 0 Å². The molecule has 0 saturated heterocycles. The average Bonchev–Trinajstić information content (AvgIpc) is 3.73. The maximum atomic E-state index is 2.45. The molecule has 2 aliphatic carbocycles. The number of hydrogen-bond acceptors (Lipinski definition) is 0. The van der Waals surface area contributed by atoms with Crippen LogP contribution in [0.5, 0.6) is 0 Å². The molecule has 0 amide bonds. The minimum absolute atomic E-state index is 0.359. The van der Waals surface area contributed by atoms with Crippen LogP contribution in [0.15, 0.2) is 188 Å². The largest absolute Gasteiger partial charge is 0.309 e. The van der Waals surface area contributed by atoms with Crippen LogP contribution < -0.4 is 0 Å². The Labute approximate surface area is 310 Å². The smallest absolute Gasteiger partial charge is 0.0541 e. The first-order chi connectivity index (χ1) is 26.3. The third-order valence-electron chi connectivity index (χ3n) is 11.9. The normalized spacial score (nSPS) is 14.5. The van der Waals surface area contributed by atoms with Crippen LogP contribution in [0.25, 0.3) is 60.9 Å². The van der Waals surface area contributed by atoms with E-state index in [1.807, 2.05) is 0 Å². The molecule has 0 fully saturated rings. The summed E-state index contributed by atoms with van der Waals surface area (Å²) in [6.07, 6.45) is 1.99. The maximum absolute atomic E-state index is 2.45. The van der Waals surface area contributed by atoms with Crippen molar-refractivity contribution in [2.45, 2.75) is 24.7 Å². The second-order valence-corrected chi connectivity index (χ2v) is 14.8. The highest BCUT2D eigenvalue weighted by atomic mass is 15.0. The molecule has 0 radical (unpaired) electrons. The van der Waals surface area contributed by atoms with Gasteiger partial charge in [0, 0.05) is 28.3 Å². The number of hydrogen-bond donors (Lipinski definition) is 0. The Balaban J connectivity index is 0.981. The predicted molar refractivity (Wildman–Crippen MR) is 221 cm³/mol. The van der Waals surface area contributed by atoms with Gasteiger partial charge in [-0.3, -0.25) is 0 Å². The van der Waals surface area contributed by atoms with Gasteiger partial charge in [0.15, 0.2) is 0 Å². The standard InChI is InChI=1S/C52H37N/c1-2-13-35(14-3-1)47-33-38-27-26-37(32-48(38)43-20-7-6-19-42(43)47)36-15-12-16-39(31-36)53-51-24-11-10-23-46(51)50-30-34(25-28-52(50)53)29-49-44-21-8-4-17-40(44)41-18-5-9-22-45(41)49/h1-28,30-32,47,49H,29,33H2. The summed E-state index contributed by atoms with van der Waals surface area (Å²) < 4.78 is 2.45. The fourth-order valence-corrected chi connectivity index (χ4v) is 9.51. The highest BCUT2D eigenvalue weighted by molar-refractivity contribution is 6.09. The fraction of sp³-hybridized carbons (Fsp3) is 0.0769. The Bertz CT molecular complexity index is 2810. The molecule has 1 atom stereocenters. The summed E-state index contributed by atoms with van der Waals surface area (Å²) in [6.45, 7) is 0. The second-order valence-electron chi connectivity index (χ2n) is 14.8. The molecule has 1 heterocycles. The Kier molecular flexibility index (Phi) is 6.88. The third kappa shape index (κ3) is 4.85. The van der Waals surface area contributed by atoms with Crippen molar-refractivity contribution >= 4 is 21.8 Å². The molecular formula is C52H37N. The molecule has 2 aliphatic rings. The number of benzene rings is 8. The number of aromatic nitrogens is 1. The lowest BCUT2D eigenvalue weighted by molar-refractivity contribution is 0.794. The number of nitrogens with zero attached hydrogens (tertiary/aromatic N) is 1. The van der Waals surface area contributed by atoms with E-state index in [4.69, 9.17) is 0 Å². The maximum Gasteiger partial charge on any atom is 0.0541 e. The number of fused-ring (bicyclic) bond motifs is 9. The Morgan fingerprint density at radius 3 is 1.87 bits per heavy atom. The van der Waals surface area contributed by atoms with E-state index in [9.17, 15) is 0 Å². The van der Waals surface area contributed by atoms with Crippen molar-refractivity contribution in [1.29, 1.82) is 0 Å². The zero-order valence-corrected chi connectivity index (χ0v) is 29.4. The summed E-state index contributed by atoms with van der Waals surface area (Å²) >= 11 is 0. The van der Waals surface area contributed by atoms with Gasteiger partial charge in [0.2, 0.25) is 0 Å². The zero-order valence-electron chi connectivity index (χ0n) is 29.4. The van der Waals surface area contributed by atoms with Crippen LogP contribution >= 0.6 is 0 Å². The average molecular weight is 676 g/mol. The van der Waals surface area contributed by atoms with Gasteiger partial charge in [-0.25, -0.2) is 0 Å². The summed E-state index contributed by atoms with van der Waals surface area (Å²) in [5.41, 5.74) is 20.1. The molecule has 0 N–H and O–H groups in total. The number of para-hydroxylation sites is 1. The zero-order chi connectivity index (χ0) is 34.9. The molecule has 11 rings (SSSR count). The number of rotatable bonds is 5. The molecule has 0 saturated carbocycles. The molecule has 1 unspecified atom stereocenters. The van der Waals surface area contributed by atoms with Crippen molar-refractivity contribution in [1.82, 2.24) is 4.57 Å². The highest BCUT2D eigenvalue weighted by Crippen LogP contribution is 2.47. The molecule has 1 aromatic heterocycles. The van der Waals surface area contributed by atoms with Gasteiger partial charge in [0.05, 0.1) is 11.0 Å². The van der Waals surface area contributed by atoms with Crippen molar-refractivity contribution < 1.29 is 0 Å². The first-order valence-corrected chi connectivity index (χ1v) is 18.9. The van der Waals surface area contributed by atoms with Gasteiger partial charge >= 0.3 is 0 Å². The van der Waals surface area contributed by atoms with Crippen molar-refractivity contribution in [3.05, 3.63) is 221 Å². The van der Waals surface area contributed by atoms with E-state index in [2.05, 4.69) is 193 Å². The molecule has 1 heteroatoms. The summed E-state index contributed by atoms with van der Waals surface area (Å²) in [7, 11) is 0. The topological polar surface area (TPSA) is 4.93 Å². The van der Waals surface area contributed by atoms with Crippen molar-refractivity contribution in [2.24, 2.45) is 0 Å². The Hall–Kier alpha value is -6.44. The summed E-state index contributed by atoms with van der Waals surface area (Å²) in [5, 5.41) is 2.60. The van der Waals surface area contributed by atoms with Crippen LogP contribution in [-0.2, 0) is 12.8 Å². The van der Waals surface area contributed by atoms with Gasteiger partial charge in [-0.15, -0.1) is 0 Å². The van der Waals surface area contributed by atoms with Gasteiger partial charge < -0.3 is 4.57 Å². The van der Waals surface area contributed by atoms with E-state index in [0.29, 0.717) is 11.8 Å². The van der Waals surface area contributed by atoms with Gasteiger partial charge in [0.1, 0.15) is 0 Å². The van der Waals surface area contributed by atoms with E-state index in [1.165, 1.54) is 94.3 Å². The monoisotopic (exact) mass is 675 g/mol. The summed E-state index contributed by atoms with van der Waals surface area (Å²) in [4.78, 5) is 0. The summed E-state index contributed by atoms with van der Waals surface area (Å²) in [5.74, 6) is 0.729. The van der Waals surface area contributed by atoms with Gasteiger partial charge in [-0.05, 0) is 116 Å². The van der Waals surface area contributed by atoms with E-state index >= 15 is 0 Å². The van der Waals surface area contributed by atoms with Crippen molar-refractivity contribution in [2.75, 3.05) is 0 Å². The minimum Gasteiger partial charge on any atom is -0.309 e. The molecule has 250 valence electrons. The van der Waals surface area contributed by atoms with Gasteiger partial charge in [0.25, 0.3) is 0 Å². The molecular weight excluding hydrogens is 639 g/mol. The first-order valence-electron chi connectivity index (χ1n) is 18.9. The lowest BCUT2D eigenvalue weighted by Gasteiger charge is -2.29. The molecule has 0 spiro atoms. The quantitative estimate of drug-likeness (QED) is 0.171. The molecule has 8 aromatic carbocycles. The van der Waals surface area contributed by atoms with E-state index < -0.39 is 0 Å². The molecule has 53 heavy (non-hydrogen) atoms. The summed E-state index contributed by atoms with van der Waals surface area (Å²) in [6, 6.07) is 70.2. The highest BCUT2D eigenvalue weighted by Gasteiger charge is 2.29. The van der Waals surface area contributed by atoms with Crippen LogP contribution in [0.4, 0.5) is 0 Å². The predicted octanol–water partition coefficient (Wildman–Crippen LogP) is 13.2.